The molecule has 1 aromatic carbocycles. The van der Waals surface area contributed by atoms with Crippen molar-refractivity contribution in [1.82, 2.24) is 25.3 Å². The normalized spacial score (nSPS) is 12.5. The summed E-state index contributed by atoms with van der Waals surface area (Å²) in [6, 6.07) is 10.8. The molecule has 108 valence electrons. The van der Waals surface area contributed by atoms with E-state index in [4.69, 9.17) is 0 Å². The predicted octanol–water partition coefficient (Wildman–Crippen LogP) is 2.66. The number of aromatic amines is 1. The predicted molar refractivity (Wildman–Crippen MR) is 82.5 cm³/mol. The van der Waals surface area contributed by atoms with E-state index in [1.54, 1.807) is 6.20 Å². The van der Waals surface area contributed by atoms with Gasteiger partial charge in [-0.25, -0.2) is 0 Å². The van der Waals surface area contributed by atoms with Crippen molar-refractivity contribution in [3.63, 3.8) is 0 Å². The summed E-state index contributed by atoms with van der Waals surface area (Å²) < 4.78 is 1.83. The topological polar surface area (TPSA) is 58.5 Å². The van der Waals surface area contributed by atoms with Gasteiger partial charge in [-0.05, 0) is 24.1 Å². The van der Waals surface area contributed by atoms with Crippen LogP contribution in [0.1, 0.15) is 24.1 Å². The van der Waals surface area contributed by atoms with E-state index >= 15 is 0 Å². The number of hydrogen-bond acceptors (Lipinski definition) is 3. The Bertz CT molecular complexity index is 682. The first-order chi connectivity index (χ1) is 10.2. The average Bonchev–Trinajstić information content (AvgIpc) is 3.16. The Hall–Kier alpha value is -2.40. The van der Waals surface area contributed by atoms with E-state index in [9.17, 15) is 0 Å². The van der Waals surface area contributed by atoms with Crippen molar-refractivity contribution < 1.29 is 0 Å². The molecule has 0 aliphatic carbocycles. The number of aryl methyl sites for hydroxylation is 1. The van der Waals surface area contributed by atoms with E-state index in [0.717, 1.165) is 17.8 Å². The molecule has 0 aliphatic heterocycles. The van der Waals surface area contributed by atoms with Crippen LogP contribution in [0.3, 0.4) is 0 Å². The van der Waals surface area contributed by atoms with Gasteiger partial charge in [0.1, 0.15) is 0 Å². The van der Waals surface area contributed by atoms with Crippen LogP contribution in [-0.4, -0.2) is 20.0 Å². The highest BCUT2D eigenvalue weighted by Gasteiger charge is 2.07. The van der Waals surface area contributed by atoms with Crippen LogP contribution in [0.15, 0.2) is 48.9 Å². The van der Waals surface area contributed by atoms with Crippen molar-refractivity contribution >= 4 is 0 Å². The van der Waals surface area contributed by atoms with Gasteiger partial charge < -0.3 is 5.32 Å². The lowest BCUT2D eigenvalue weighted by atomic mass is 10.1. The number of H-pyrrole nitrogens is 1. The quantitative estimate of drug-likeness (QED) is 0.756. The molecule has 1 unspecified atom stereocenters. The minimum Gasteiger partial charge on any atom is -0.306 e. The van der Waals surface area contributed by atoms with E-state index < -0.39 is 0 Å². The fourth-order valence-corrected chi connectivity index (χ4v) is 2.27. The number of aromatic nitrogens is 4. The fraction of sp³-hybridized carbons (Fsp3) is 0.250. The van der Waals surface area contributed by atoms with Gasteiger partial charge in [0.25, 0.3) is 0 Å². The zero-order valence-electron chi connectivity index (χ0n) is 12.2. The van der Waals surface area contributed by atoms with Gasteiger partial charge in [0.05, 0.1) is 11.9 Å². The second-order valence-electron chi connectivity index (χ2n) is 5.22. The zero-order chi connectivity index (χ0) is 14.7. The average molecular weight is 281 g/mol. The van der Waals surface area contributed by atoms with Crippen LogP contribution < -0.4 is 5.32 Å². The molecule has 0 aliphatic rings. The molecule has 0 saturated heterocycles. The number of benzene rings is 1. The molecule has 5 heteroatoms. The minimum atomic E-state index is 0.283. The van der Waals surface area contributed by atoms with Crippen molar-refractivity contribution in [3.8, 4) is 11.3 Å². The molecule has 0 radical (unpaired) electrons. The SMILES string of the molecule is CC(NCc1ccc(-c2ccn[nH]2)cc1)c1cnn(C)c1. The summed E-state index contributed by atoms with van der Waals surface area (Å²) in [6.45, 7) is 2.98. The molecule has 3 aromatic rings. The highest BCUT2D eigenvalue weighted by molar-refractivity contribution is 5.58. The third kappa shape index (κ3) is 3.20. The van der Waals surface area contributed by atoms with Crippen LogP contribution in [0.25, 0.3) is 11.3 Å². The Kier molecular flexibility index (Phi) is 3.83. The van der Waals surface area contributed by atoms with Crippen molar-refractivity contribution in [2.75, 3.05) is 0 Å². The summed E-state index contributed by atoms with van der Waals surface area (Å²) >= 11 is 0. The number of hydrogen-bond donors (Lipinski definition) is 2. The first-order valence-corrected chi connectivity index (χ1v) is 7.03. The molecule has 2 N–H and O–H groups in total. The summed E-state index contributed by atoms with van der Waals surface area (Å²) in [7, 11) is 1.93. The van der Waals surface area contributed by atoms with Crippen molar-refractivity contribution in [2.45, 2.75) is 19.5 Å². The molecule has 21 heavy (non-hydrogen) atoms. The molecule has 5 nitrogen and oxygen atoms in total. The summed E-state index contributed by atoms with van der Waals surface area (Å²) in [5.74, 6) is 0. The molecule has 0 bridgehead atoms. The number of nitrogens with zero attached hydrogens (tertiary/aromatic N) is 3. The maximum atomic E-state index is 4.20. The Morgan fingerprint density at radius 1 is 1.24 bits per heavy atom. The van der Waals surface area contributed by atoms with E-state index in [1.807, 2.05) is 30.2 Å². The zero-order valence-corrected chi connectivity index (χ0v) is 12.2. The van der Waals surface area contributed by atoms with Gasteiger partial charge in [-0.2, -0.15) is 10.2 Å². The van der Waals surface area contributed by atoms with Crippen LogP contribution in [0.5, 0.6) is 0 Å². The highest BCUT2D eigenvalue weighted by atomic mass is 15.2. The van der Waals surface area contributed by atoms with E-state index in [1.165, 1.54) is 11.1 Å². The molecule has 2 aromatic heterocycles. The van der Waals surface area contributed by atoms with Gasteiger partial charge >= 0.3 is 0 Å². The standard InChI is InChI=1S/C16H19N5/c1-12(15-10-19-21(2)11-15)17-9-13-3-5-14(6-4-13)16-7-8-18-20-16/h3-8,10-12,17H,9H2,1-2H3,(H,18,20). The van der Waals surface area contributed by atoms with Gasteiger partial charge in [0.15, 0.2) is 0 Å². The molecule has 3 rings (SSSR count). The van der Waals surface area contributed by atoms with E-state index in [2.05, 4.69) is 51.8 Å². The van der Waals surface area contributed by atoms with Gasteiger partial charge in [0, 0.05) is 37.6 Å². The maximum absolute atomic E-state index is 4.20. The summed E-state index contributed by atoms with van der Waals surface area (Å²) in [4.78, 5) is 0. The van der Waals surface area contributed by atoms with Gasteiger partial charge in [-0.15, -0.1) is 0 Å². The first kappa shape index (κ1) is 13.6. The molecular formula is C16H19N5. The molecule has 2 heterocycles. The monoisotopic (exact) mass is 281 g/mol. The molecule has 0 amide bonds. The van der Waals surface area contributed by atoms with Crippen LogP contribution in [0.2, 0.25) is 0 Å². The Morgan fingerprint density at radius 3 is 2.67 bits per heavy atom. The lowest BCUT2D eigenvalue weighted by molar-refractivity contribution is 0.574. The molecule has 0 fully saturated rings. The molecule has 0 spiro atoms. The number of rotatable bonds is 5. The van der Waals surface area contributed by atoms with Crippen LogP contribution >= 0.6 is 0 Å². The summed E-state index contributed by atoms with van der Waals surface area (Å²) in [6.07, 6.45) is 5.71. The Balaban J connectivity index is 1.61. The van der Waals surface area contributed by atoms with Gasteiger partial charge in [-0.1, -0.05) is 24.3 Å². The van der Waals surface area contributed by atoms with Crippen LogP contribution in [0.4, 0.5) is 0 Å². The summed E-state index contributed by atoms with van der Waals surface area (Å²) in [5.41, 5.74) is 4.65. The maximum Gasteiger partial charge on any atom is 0.0650 e. The van der Waals surface area contributed by atoms with Gasteiger partial charge in [0.2, 0.25) is 0 Å². The lowest BCUT2D eigenvalue weighted by Crippen LogP contribution is -2.17. The number of nitrogens with one attached hydrogen (secondary N) is 2. The van der Waals surface area contributed by atoms with Crippen LogP contribution in [0, 0.1) is 0 Å². The minimum absolute atomic E-state index is 0.283. The van der Waals surface area contributed by atoms with Crippen molar-refractivity contribution in [3.05, 3.63) is 60.0 Å². The van der Waals surface area contributed by atoms with E-state index in [0.29, 0.717) is 0 Å². The first-order valence-electron chi connectivity index (χ1n) is 7.03. The lowest BCUT2D eigenvalue weighted by Gasteiger charge is -2.12. The van der Waals surface area contributed by atoms with E-state index in [-0.39, 0.29) is 6.04 Å². The fourth-order valence-electron chi connectivity index (χ4n) is 2.27. The largest absolute Gasteiger partial charge is 0.306 e. The van der Waals surface area contributed by atoms with Crippen molar-refractivity contribution in [2.24, 2.45) is 7.05 Å². The Labute approximate surface area is 124 Å². The molecule has 0 saturated carbocycles. The van der Waals surface area contributed by atoms with Crippen molar-refractivity contribution in [1.29, 1.82) is 0 Å². The molecule has 1 atom stereocenters. The molecular weight excluding hydrogens is 262 g/mol. The second-order valence-corrected chi connectivity index (χ2v) is 5.22. The third-order valence-electron chi connectivity index (χ3n) is 3.60. The highest BCUT2D eigenvalue weighted by Crippen LogP contribution is 2.17. The smallest absolute Gasteiger partial charge is 0.0650 e. The second kappa shape index (κ2) is 5.93. The third-order valence-corrected chi connectivity index (χ3v) is 3.60. The van der Waals surface area contributed by atoms with Crippen LogP contribution in [-0.2, 0) is 13.6 Å². The summed E-state index contributed by atoms with van der Waals surface area (Å²) in [5, 5.41) is 14.7. The Morgan fingerprint density at radius 2 is 2.05 bits per heavy atom. The van der Waals surface area contributed by atoms with Gasteiger partial charge in [-0.3, -0.25) is 9.78 Å².